The molecule has 2 amide bonds. The fraction of sp³-hybridized carbons (Fsp3) is 0.235. The van der Waals surface area contributed by atoms with Crippen molar-refractivity contribution in [3.8, 4) is 6.07 Å². The van der Waals surface area contributed by atoms with Crippen LogP contribution >= 0.6 is 0 Å². The molecule has 0 aliphatic heterocycles. The summed E-state index contributed by atoms with van der Waals surface area (Å²) in [4.78, 5) is 25.5. The van der Waals surface area contributed by atoms with Gasteiger partial charge in [-0.2, -0.15) is 5.26 Å². The van der Waals surface area contributed by atoms with Crippen LogP contribution in [0.5, 0.6) is 0 Å². The van der Waals surface area contributed by atoms with Gasteiger partial charge in [0.15, 0.2) is 0 Å². The molecule has 1 aromatic heterocycles. The summed E-state index contributed by atoms with van der Waals surface area (Å²) in [5.41, 5.74) is 2.46. The molecule has 6 nitrogen and oxygen atoms in total. The topological polar surface area (TPSA) is 78.1 Å². The van der Waals surface area contributed by atoms with Crippen molar-refractivity contribution in [2.24, 2.45) is 0 Å². The highest BCUT2D eigenvalue weighted by Crippen LogP contribution is 2.13. The first kappa shape index (κ1) is 16.3. The Bertz CT molecular complexity index is 784. The number of benzene rings is 1. The Hall–Kier alpha value is -3.07. The minimum atomic E-state index is -0.223. The Balaban J connectivity index is 2.07. The Labute approximate surface area is 134 Å². The summed E-state index contributed by atoms with van der Waals surface area (Å²) in [5, 5.41) is 11.7. The molecule has 0 atom stereocenters. The number of carbonyl (C=O) groups is 2. The van der Waals surface area contributed by atoms with E-state index in [2.05, 4.69) is 11.4 Å². The van der Waals surface area contributed by atoms with Crippen molar-refractivity contribution < 1.29 is 9.59 Å². The van der Waals surface area contributed by atoms with Crippen LogP contribution in [0.1, 0.15) is 21.5 Å². The molecule has 0 saturated heterocycles. The lowest BCUT2D eigenvalue weighted by Crippen LogP contribution is -2.22. The number of hydrogen-bond acceptors (Lipinski definition) is 3. The van der Waals surface area contributed by atoms with Gasteiger partial charge in [0.2, 0.25) is 5.91 Å². The Morgan fingerprint density at radius 2 is 2.04 bits per heavy atom. The average molecular weight is 310 g/mol. The van der Waals surface area contributed by atoms with E-state index < -0.39 is 0 Å². The SMILES string of the molecule is Cc1cn(CC(=O)Nc2cccc(C(=O)N(C)C)c2)cc1C#N. The van der Waals surface area contributed by atoms with E-state index in [-0.39, 0.29) is 18.4 Å². The zero-order valence-electron chi connectivity index (χ0n) is 13.3. The lowest BCUT2D eigenvalue weighted by atomic mass is 10.2. The maximum Gasteiger partial charge on any atom is 0.253 e. The van der Waals surface area contributed by atoms with Crippen LogP contribution in [0.2, 0.25) is 0 Å². The van der Waals surface area contributed by atoms with E-state index in [4.69, 9.17) is 5.26 Å². The number of rotatable bonds is 4. The summed E-state index contributed by atoms with van der Waals surface area (Å²) in [6, 6.07) is 8.87. The lowest BCUT2D eigenvalue weighted by molar-refractivity contribution is -0.116. The second kappa shape index (κ2) is 6.79. The van der Waals surface area contributed by atoms with Gasteiger partial charge >= 0.3 is 0 Å². The van der Waals surface area contributed by atoms with Crippen molar-refractivity contribution in [3.63, 3.8) is 0 Å². The molecule has 0 bridgehead atoms. The Morgan fingerprint density at radius 3 is 2.65 bits per heavy atom. The number of hydrogen-bond donors (Lipinski definition) is 1. The maximum atomic E-state index is 12.1. The van der Waals surface area contributed by atoms with Crippen LogP contribution in [0.3, 0.4) is 0 Å². The zero-order valence-corrected chi connectivity index (χ0v) is 13.3. The van der Waals surface area contributed by atoms with Gasteiger partial charge in [0.1, 0.15) is 12.6 Å². The van der Waals surface area contributed by atoms with Crippen molar-refractivity contribution in [2.75, 3.05) is 19.4 Å². The van der Waals surface area contributed by atoms with Crippen LogP contribution in [0.4, 0.5) is 5.69 Å². The normalized spacial score (nSPS) is 10.0. The molecule has 0 aliphatic carbocycles. The molecule has 1 aromatic carbocycles. The fourth-order valence-corrected chi connectivity index (χ4v) is 2.19. The van der Waals surface area contributed by atoms with Gasteiger partial charge in [0.05, 0.1) is 5.56 Å². The lowest BCUT2D eigenvalue weighted by Gasteiger charge is -2.12. The van der Waals surface area contributed by atoms with Crippen LogP contribution in [0.15, 0.2) is 36.7 Å². The smallest absolute Gasteiger partial charge is 0.253 e. The highest BCUT2D eigenvalue weighted by Gasteiger charge is 2.10. The molecule has 0 aliphatic rings. The van der Waals surface area contributed by atoms with Gasteiger partial charge in [-0.15, -0.1) is 0 Å². The number of aromatic nitrogens is 1. The second-order valence-corrected chi connectivity index (χ2v) is 5.47. The Kier molecular flexibility index (Phi) is 4.82. The molecule has 1 heterocycles. The van der Waals surface area contributed by atoms with Crippen LogP contribution in [-0.4, -0.2) is 35.4 Å². The summed E-state index contributed by atoms with van der Waals surface area (Å²) in [5.74, 6) is -0.347. The van der Waals surface area contributed by atoms with Gasteiger partial charge in [-0.1, -0.05) is 6.07 Å². The number of anilines is 1. The van der Waals surface area contributed by atoms with E-state index in [1.807, 2.05) is 6.92 Å². The van der Waals surface area contributed by atoms with Crippen molar-refractivity contribution in [2.45, 2.75) is 13.5 Å². The summed E-state index contributed by atoms with van der Waals surface area (Å²) in [6.07, 6.45) is 3.39. The minimum Gasteiger partial charge on any atom is -0.345 e. The van der Waals surface area contributed by atoms with Crippen LogP contribution in [-0.2, 0) is 11.3 Å². The van der Waals surface area contributed by atoms with Gasteiger partial charge in [-0.25, -0.2) is 0 Å². The monoisotopic (exact) mass is 310 g/mol. The van der Waals surface area contributed by atoms with Gasteiger partial charge in [0, 0.05) is 37.7 Å². The number of nitriles is 1. The third-order valence-corrected chi connectivity index (χ3v) is 3.33. The quantitative estimate of drug-likeness (QED) is 0.938. The molecule has 0 radical (unpaired) electrons. The number of carbonyl (C=O) groups excluding carboxylic acids is 2. The van der Waals surface area contributed by atoms with Gasteiger partial charge in [-0.05, 0) is 30.7 Å². The maximum absolute atomic E-state index is 12.1. The molecule has 2 rings (SSSR count). The molecule has 0 spiro atoms. The first-order valence-electron chi connectivity index (χ1n) is 7.08. The fourth-order valence-electron chi connectivity index (χ4n) is 2.19. The van der Waals surface area contributed by atoms with Crippen LogP contribution < -0.4 is 5.32 Å². The molecule has 118 valence electrons. The van der Waals surface area contributed by atoms with Gasteiger partial charge in [0.25, 0.3) is 5.91 Å². The van der Waals surface area contributed by atoms with E-state index in [0.29, 0.717) is 16.8 Å². The number of aryl methyl sites for hydroxylation is 1. The molecule has 2 aromatic rings. The molecule has 23 heavy (non-hydrogen) atoms. The van der Waals surface area contributed by atoms with Crippen molar-refractivity contribution in [1.82, 2.24) is 9.47 Å². The summed E-state index contributed by atoms with van der Waals surface area (Å²) < 4.78 is 1.66. The van der Waals surface area contributed by atoms with E-state index in [1.165, 1.54) is 4.90 Å². The van der Waals surface area contributed by atoms with Crippen molar-refractivity contribution >= 4 is 17.5 Å². The van der Waals surface area contributed by atoms with Crippen LogP contribution in [0.25, 0.3) is 0 Å². The standard InChI is InChI=1S/C17H18N4O2/c1-12-9-21(10-14(12)8-18)11-16(22)19-15-6-4-5-13(7-15)17(23)20(2)3/h4-7,9-10H,11H2,1-3H3,(H,19,22). The molecule has 6 heteroatoms. The van der Waals surface area contributed by atoms with Crippen LogP contribution in [0, 0.1) is 18.3 Å². The van der Waals surface area contributed by atoms with E-state index in [0.717, 1.165) is 5.56 Å². The molecule has 1 N–H and O–H groups in total. The number of nitrogens with zero attached hydrogens (tertiary/aromatic N) is 3. The van der Waals surface area contributed by atoms with Gasteiger partial charge < -0.3 is 14.8 Å². The highest BCUT2D eigenvalue weighted by atomic mass is 16.2. The second-order valence-electron chi connectivity index (χ2n) is 5.47. The highest BCUT2D eigenvalue weighted by molar-refractivity contribution is 5.96. The van der Waals surface area contributed by atoms with Crippen molar-refractivity contribution in [1.29, 1.82) is 5.26 Å². The zero-order chi connectivity index (χ0) is 17.0. The Morgan fingerprint density at radius 1 is 1.30 bits per heavy atom. The molecule has 0 fully saturated rings. The van der Waals surface area contributed by atoms with Gasteiger partial charge in [-0.3, -0.25) is 9.59 Å². The van der Waals surface area contributed by atoms with E-state index in [9.17, 15) is 9.59 Å². The molecular formula is C17H18N4O2. The average Bonchev–Trinajstić information content (AvgIpc) is 2.86. The van der Waals surface area contributed by atoms with E-state index in [1.54, 1.807) is 55.3 Å². The molecular weight excluding hydrogens is 292 g/mol. The summed E-state index contributed by atoms with van der Waals surface area (Å²) in [6.45, 7) is 1.93. The molecule has 0 saturated carbocycles. The largest absolute Gasteiger partial charge is 0.345 e. The first-order valence-corrected chi connectivity index (χ1v) is 7.08. The molecule has 0 unspecified atom stereocenters. The first-order chi connectivity index (χ1) is 10.9. The predicted molar refractivity (Wildman–Crippen MR) is 87.0 cm³/mol. The minimum absolute atomic E-state index is 0.106. The van der Waals surface area contributed by atoms with E-state index >= 15 is 0 Å². The predicted octanol–water partition coefficient (Wildman–Crippen LogP) is 2.01. The third kappa shape index (κ3) is 3.98. The number of amides is 2. The van der Waals surface area contributed by atoms with Crippen molar-refractivity contribution in [3.05, 3.63) is 53.3 Å². The third-order valence-electron chi connectivity index (χ3n) is 3.33. The number of nitrogens with one attached hydrogen (secondary N) is 1. The summed E-state index contributed by atoms with van der Waals surface area (Å²) >= 11 is 0. The summed E-state index contributed by atoms with van der Waals surface area (Å²) in [7, 11) is 3.35.